The summed E-state index contributed by atoms with van der Waals surface area (Å²) in [5.74, 6) is 0.0380. The number of carbonyl (C=O) groups excluding carboxylic acids is 1. The Balaban J connectivity index is 2.07. The second-order valence-electron chi connectivity index (χ2n) is 4.72. The van der Waals surface area contributed by atoms with Gasteiger partial charge in [-0.15, -0.1) is 0 Å². The SMILES string of the molecule is CO[C@@H](C)C(=O)N1CCN[C@H](c2cccc(Cl)c2)C1. The molecule has 19 heavy (non-hydrogen) atoms. The molecule has 0 unspecified atom stereocenters. The van der Waals surface area contributed by atoms with E-state index >= 15 is 0 Å². The molecular weight excluding hydrogens is 264 g/mol. The van der Waals surface area contributed by atoms with Crippen molar-refractivity contribution < 1.29 is 9.53 Å². The molecule has 1 aliphatic heterocycles. The normalized spacial score (nSPS) is 21.2. The Morgan fingerprint density at radius 3 is 3.05 bits per heavy atom. The van der Waals surface area contributed by atoms with Crippen molar-refractivity contribution in [3.8, 4) is 0 Å². The number of carbonyl (C=O) groups is 1. The van der Waals surface area contributed by atoms with E-state index in [4.69, 9.17) is 16.3 Å². The third-order valence-electron chi connectivity index (χ3n) is 3.44. The molecule has 1 N–H and O–H groups in total. The molecule has 1 amide bonds. The number of hydrogen-bond acceptors (Lipinski definition) is 3. The lowest BCUT2D eigenvalue weighted by atomic mass is 10.0. The van der Waals surface area contributed by atoms with Gasteiger partial charge in [0.05, 0.1) is 0 Å². The molecule has 2 atom stereocenters. The fraction of sp³-hybridized carbons (Fsp3) is 0.500. The minimum Gasteiger partial charge on any atom is -0.372 e. The van der Waals surface area contributed by atoms with Crippen molar-refractivity contribution in [2.75, 3.05) is 26.7 Å². The summed E-state index contributed by atoms with van der Waals surface area (Å²) in [6.45, 7) is 3.91. The molecule has 0 aliphatic carbocycles. The molecule has 0 bridgehead atoms. The number of piperazine rings is 1. The highest BCUT2D eigenvalue weighted by atomic mass is 35.5. The molecule has 0 saturated carbocycles. The van der Waals surface area contributed by atoms with E-state index in [2.05, 4.69) is 5.32 Å². The summed E-state index contributed by atoms with van der Waals surface area (Å²) in [6, 6.07) is 7.87. The van der Waals surface area contributed by atoms with Gasteiger partial charge in [0, 0.05) is 37.8 Å². The molecule has 1 saturated heterocycles. The van der Waals surface area contributed by atoms with Crippen molar-refractivity contribution in [3.63, 3.8) is 0 Å². The highest BCUT2D eigenvalue weighted by molar-refractivity contribution is 6.30. The molecular formula is C14H19ClN2O2. The molecule has 0 aromatic heterocycles. The van der Waals surface area contributed by atoms with E-state index in [0.29, 0.717) is 18.1 Å². The number of halogens is 1. The van der Waals surface area contributed by atoms with Gasteiger partial charge in [0.2, 0.25) is 0 Å². The summed E-state index contributed by atoms with van der Waals surface area (Å²) in [7, 11) is 1.55. The summed E-state index contributed by atoms with van der Waals surface area (Å²) in [4.78, 5) is 14.0. The molecule has 1 aromatic carbocycles. The van der Waals surface area contributed by atoms with E-state index < -0.39 is 6.10 Å². The first-order valence-electron chi connectivity index (χ1n) is 6.42. The van der Waals surface area contributed by atoms with E-state index in [-0.39, 0.29) is 11.9 Å². The smallest absolute Gasteiger partial charge is 0.251 e. The van der Waals surface area contributed by atoms with Crippen LogP contribution in [0.1, 0.15) is 18.5 Å². The molecule has 1 aliphatic rings. The fourth-order valence-electron chi connectivity index (χ4n) is 2.25. The van der Waals surface area contributed by atoms with Crippen LogP contribution in [0.15, 0.2) is 24.3 Å². The largest absolute Gasteiger partial charge is 0.372 e. The highest BCUT2D eigenvalue weighted by Crippen LogP contribution is 2.21. The highest BCUT2D eigenvalue weighted by Gasteiger charge is 2.27. The monoisotopic (exact) mass is 282 g/mol. The van der Waals surface area contributed by atoms with Crippen LogP contribution in [0.2, 0.25) is 5.02 Å². The number of benzene rings is 1. The van der Waals surface area contributed by atoms with Gasteiger partial charge in [-0.1, -0.05) is 23.7 Å². The van der Waals surface area contributed by atoms with Crippen LogP contribution in [-0.2, 0) is 9.53 Å². The fourth-order valence-corrected chi connectivity index (χ4v) is 2.45. The molecule has 5 heteroatoms. The minimum atomic E-state index is -0.391. The Hall–Kier alpha value is -1.10. The first kappa shape index (κ1) is 14.3. The number of amides is 1. The summed E-state index contributed by atoms with van der Waals surface area (Å²) in [5, 5.41) is 4.13. The van der Waals surface area contributed by atoms with Crippen molar-refractivity contribution in [2.24, 2.45) is 0 Å². The van der Waals surface area contributed by atoms with Gasteiger partial charge >= 0.3 is 0 Å². The van der Waals surface area contributed by atoms with E-state index in [1.54, 1.807) is 14.0 Å². The Bertz CT molecular complexity index is 453. The number of rotatable bonds is 3. The number of hydrogen-bond donors (Lipinski definition) is 1. The molecule has 0 radical (unpaired) electrons. The van der Waals surface area contributed by atoms with Crippen molar-refractivity contribution in [1.82, 2.24) is 10.2 Å². The van der Waals surface area contributed by atoms with Crippen molar-refractivity contribution in [2.45, 2.75) is 19.1 Å². The van der Waals surface area contributed by atoms with Crippen molar-refractivity contribution in [1.29, 1.82) is 0 Å². The predicted molar refractivity (Wildman–Crippen MR) is 75.2 cm³/mol. The van der Waals surface area contributed by atoms with Gasteiger partial charge in [0.15, 0.2) is 0 Å². The second kappa shape index (κ2) is 6.37. The third-order valence-corrected chi connectivity index (χ3v) is 3.67. The maximum absolute atomic E-state index is 12.1. The second-order valence-corrected chi connectivity index (χ2v) is 5.16. The average molecular weight is 283 g/mol. The van der Waals surface area contributed by atoms with Crippen LogP contribution < -0.4 is 5.32 Å². The van der Waals surface area contributed by atoms with Crippen LogP contribution in [0, 0.1) is 0 Å². The van der Waals surface area contributed by atoms with E-state index in [9.17, 15) is 4.79 Å². The Kier molecular flexibility index (Phi) is 4.80. The van der Waals surface area contributed by atoms with Gasteiger partial charge in [-0.2, -0.15) is 0 Å². The van der Waals surface area contributed by atoms with Gasteiger partial charge in [0.1, 0.15) is 6.10 Å². The van der Waals surface area contributed by atoms with Crippen LogP contribution in [0.25, 0.3) is 0 Å². The Labute approximate surface area is 118 Å². The van der Waals surface area contributed by atoms with Gasteiger partial charge in [-0.25, -0.2) is 0 Å². The van der Waals surface area contributed by atoms with Crippen LogP contribution >= 0.6 is 11.6 Å². The topological polar surface area (TPSA) is 41.6 Å². The Morgan fingerprint density at radius 1 is 1.58 bits per heavy atom. The molecule has 1 heterocycles. The zero-order valence-electron chi connectivity index (χ0n) is 11.2. The van der Waals surface area contributed by atoms with Gasteiger partial charge in [-0.05, 0) is 24.6 Å². The molecule has 1 aromatic rings. The van der Waals surface area contributed by atoms with E-state index in [1.807, 2.05) is 29.2 Å². The van der Waals surface area contributed by atoms with Crippen LogP contribution in [0.5, 0.6) is 0 Å². The number of nitrogens with zero attached hydrogens (tertiary/aromatic N) is 1. The lowest BCUT2D eigenvalue weighted by Gasteiger charge is -2.35. The Morgan fingerprint density at radius 2 is 2.37 bits per heavy atom. The summed E-state index contributed by atoms with van der Waals surface area (Å²) < 4.78 is 5.09. The average Bonchev–Trinajstić information content (AvgIpc) is 2.46. The quantitative estimate of drug-likeness (QED) is 0.920. The zero-order chi connectivity index (χ0) is 13.8. The summed E-state index contributed by atoms with van der Waals surface area (Å²) in [6.07, 6.45) is -0.391. The number of ether oxygens (including phenoxy) is 1. The maximum atomic E-state index is 12.1. The lowest BCUT2D eigenvalue weighted by molar-refractivity contribution is -0.142. The zero-order valence-corrected chi connectivity index (χ0v) is 12.0. The molecule has 4 nitrogen and oxygen atoms in total. The van der Waals surface area contributed by atoms with Gasteiger partial charge in [0.25, 0.3) is 5.91 Å². The van der Waals surface area contributed by atoms with E-state index in [0.717, 1.165) is 12.1 Å². The predicted octanol–water partition coefficient (Wildman–Crippen LogP) is 1.85. The third kappa shape index (κ3) is 3.47. The van der Waals surface area contributed by atoms with Crippen molar-refractivity contribution in [3.05, 3.63) is 34.9 Å². The van der Waals surface area contributed by atoms with Crippen molar-refractivity contribution >= 4 is 17.5 Å². The summed E-state index contributed by atoms with van der Waals surface area (Å²) in [5.41, 5.74) is 1.11. The lowest BCUT2D eigenvalue weighted by Crippen LogP contribution is -2.51. The molecule has 104 valence electrons. The number of methoxy groups -OCH3 is 1. The van der Waals surface area contributed by atoms with Gasteiger partial charge in [-0.3, -0.25) is 4.79 Å². The first-order chi connectivity index (χ1) is 9.11. The molecule has 0 spiro atoms. The number of nitrogens with one attached hydrogen (secondary N) is 1. The van der Waals surface area contributed by atoms with Crippen LogP contribution in [0.3, 0.4) is 0 Å². The minimum absolute atomic E-state index is 0.0380. The standard InChI is InChI=1S/C14H19ClN2O2/c1-10(19-2)14(18)17-7-6-16-13(9-17)11-4-3-5-12(15)8-11/h3-5,8,10,13,16H,6-7,9H2,1-2H3/t10-,13-/m0/s1. The summed E-state index contributed by atoms with van der Waals surface area (Å²) >= 11 is 6.01. The first-order valence-corrected chi connectivity index (χ1v) is 6.80. The maximum Gasteiger partial charge on any atom is 0.251 e. The molecule has 1 fully saturated rings. The van der Waals surface area contributed by atoms with E-state index in [1.165, 1.54) is 0 Å². The molecule has 2 rings (SSSR count). The van der Waals surface area contributed by atoms with Crippen LogP contribution in [0.4, 0.5) is 0 Å². The van der Waals surface area contributed by atoms with Crippen LogP contribution in [-0.4, -0.2) is 43.7 Å². The van der Waals surface area contributed by atoms with Gasteiger partial charge < -0.3 is 15.0 Å².